The van der Waals surface area contributed by atoms with Gasteiger partial charge in [-0.2, -0.15) is 17.4 Å². The zero-order valence-corrected chi connectivity index (χ0v) is 15.2. The number of imidazole rings is 1. The molecule has 6 nitrogen and oxygen atoms in total. The summed E-state index contributed by atoms with van der Waals surface area (Å²) >= 11 is 0. The Balaban J connectivity index is 1.94. The van der Waals surface area contributed by atoms with Crippen LogP contribution in [0.15, 0.2) is 36.7 Å². The molecule has 1 aromatic heterocycles. The fourth-order valence-corrected chi connectivity index (χ4v) is 4.71. The molecule has 1 N–H and O–H groups in total. The minimum absolute atomic E-state index is 0.325. The van der Waals surface area contributed by atoms with Crippen LogP contribution in [0, 0.1) is 11.7 Å². The van der Waals surface area contributed by atoms with Crippen molar-refractivity contribution >= 4 is 10.2 Å². The number of rotatable bonds is 5. The number of nitrogens with zero attached hydrogens (tertiary/aromatic N) is 3. The molecule has 1 fully saturated rings. The Morgan fingerprint density at radius 2 is 2.20 bits per heavy atom. The second-order valence-electron chi connectivity index (χ2n) is 6.61. The molecule has 25 heavy (non-hydrogen) atoms. The lowest BCUT2D eigenvalue weighted by atomic mass is 10.0. The summed E-state index contributed by atoms with van der Waals surface area (Å²) in [6.07, 6.45) is 5.20. The lowest BCUT2D eigenvalue weighted by molar-refractivity contribution is 0.277. The molecule has 0 bridgehead atoms. The third-order valence-electron chi connectivity index (χ3n) is 4.53. The van der Waals surface area contributed by atoms with Gasteiger partial charge in [-0.3, -0.25) is 0 Å². The normalized spacial score (nSPS) is 20.5. The number of aromatic nitrogens is 2. The minimum Gasteiger partial charge on any atom is -0.336 e. The number of hydrogen-bond donors (Lipinski definition) is 1. The maximum Gasteiger partial charge on any atom is 0.280 e. The van der Waals surface area contributed by atoms with Crippen molar-refractivity contribution in [2.24, 2.45) is 13.0 Å². The van der Waals surface area contributed by atoms with Crippen molar-refractivity contribution in [3.63, 3.8) is 0 Å². The molecule has 1 saturated heterocycles. The second kappa shape index (κ2) is 7.23. The van der Waals surface area contributed by atoms with Crippen LogP contribution in [0.3, 0.4) is 0 Å². The van der Waals surface area contributed by atoms with Gasteiger partial charge in [0.25, 0.3) is 10.2 Å². The van der Waals surface area contributed by atoms with Crippen LogP contribution in [0.1, 0.15) is 37.2 Å². The summed E-state index contributed by atoms with van der Waals surface area (Å²) in [7, 11) is -1.93. The fraction of sp³-hybridized carbons (Fsp3) is 0.471. The van der Waals surface area contributed by atoms with Crippen molar-refractivity contribution in [3.05, 3.63) is 53.9 Å². The van der Waals surface area contributed by atoms with E-state index in [0.717, 1.165) is 12.8 Å². The van der Waals surface area contributed by atoms with E-state index in [-0.39, 0.29) is 0 Å². The summed E-state index contributed by atoms with van der Waals surface area (Å²) in [5.41, 5.74) is 0.517. The molecule has 2 aromatic rings. The Bertz CT molecular complexity index is 837. The summed E-state index contributed by atoms with van der Waals surface area (Å²) in [5.74, 6) is 0.424. The Labute approximate surface area is 147 Å². The molecular weight excluding hydrogens is 343 g/mol. The highest BCUT2D eigenvalue weighted by Crippen LogP contribution is 2.24. The van der Waals surface area contributed by atoms with Gasteiger partial charge < -0.3 is 4.57 Å². The molecule has 3 rings (SSSR count). The number of aryl methyl sites for hydroxylation is 1. The van der Waals surface area contributed by atoms with Crippen LogP contribution in [-0.4, -0.2) is 35.4 Å². The van der Waals surface area contributed by atoms with Crippen LogP contribution in [0.5, 0.6) is 0 Å². The van der Waals surface area contributed by atoms with E-state index >= 15 is 0 Å². The molecule has 2 heterocycles. The fourth-order valence-electron chi connectivity index (χ4n) is 3.20. The van der Waals surface area contributed by atoms with E-state index in [1.54, 1.807) is 36.1 Å². The summed E-state index contributed by atoms with van der Waals surface area (Å²) < 4.78 is 45.4. The Morgan fingerprint density at radius 3 is 2.84 bits per heavy atom. The average Bonchev–Trinajstić information content (AvgIpc) is 2.98. The van der Waals surface area contributed by atoms with Gasteiger partial charge >= 0.3 is 0 Å². The van der Waals surface area contributed by atoms with Crippen molar-refractivity contribution < 1.29 is 12.8 Å². The zero-order chi connectivity index (χ0) is 18.0. The van der Waals surface area contributed by atoms with Crippen molar-refractivity contribution in [1.29, 1.82) is 0 Å². The largest absolute Gasteiger partial charge is 0.336 e. The molecule has 136 valence electrons. The highest BCUT2D eigenvalue weighted by molar-refractivity contribution is 7.87. The van der Waals surface area contributed by atoms with Gasteiger partial charge in [0.2, 0.25) is 0 Å². The Kier molecular flexibility index (Phi) is 5.21. The maximum absolute atomic E-state index is 13.7. The van der Waals surface area contributed by atoms with Crippen LogP contribution in [0.25, 0.3) is 0 Å². The number of nitrogens with one attached hydrogen (secondary N) is 1. The third-order valence-corrected chi connectivity index (χ3v) is 6.07. The first kappa shape index (κ1) is 18.0. The highest BCUT2D eigenvalue weighted by Gasteiger charge is 2.31. The van der Waals surface area contributed by atoms with Crippen LogP contribution in [0.2, 0.25) is 0 Å². The molecule has 1 aliphatic rings. The van der Waals surface area contributed by atoms with E-state index < -0.39 is 22.1 Å². The monoisotopic (exact) mass is 366 g/mol. The van der Waals surface area contributed by atoms with E-state index in [0.29, 0.717) is 30.4 Å². The highest BCUT2D eigenvalue weighted by atomic mass is 32.2. The SMILES string of the molecule is CC1CCCN(S(=O)(=O)NC(c2cccc(F)c2)c2nccn2C)C1. The van der Waals surface area contributed by atoms with Crippen LogP contribution < -0.4 is 4.72 Å². The third kappa shape index (κ3) is 4.08. The molecule has 0 radical (unpaired) electrons. The van der Waals surface area contributed by atoms with E-state index in [2.05, 4.69) is 9.71 Å². The van der Waals surface area contributed by atoms with Crippen molar-refractivity contribution in [2.75, 3.05) is 13.1 Å². The summed E-state index contributed by atoms with van der Waals surface area (Å²) in [5, 5.41) is 0. The quantitative estimate of drug-likeness (QED) is 0.882. The zero-order valence-electron chi connectivity index (χ0n) is 14.4. The molecule has 2 unspecified atom stereocenters. The second-order valence-corrected chi connectivity index (χ2v) is 8.31. The topological polar surface area (TPSA) is 67.2 Å². The van der Waals surface area contributed by atoms with Crippen LogP contribution >= 0.6 is 0 Å². The summed E-state index contributed by atoms with van der Waals surface area (Å²) in [6, 6.07) is 5.18. The number of halogens is 1. The molecule has 1 aliphatic heterocycles. The molecule has 0 amide bonds. The molecule has 1 aromatic carbocycles. The predicted octanol–water partition coefficient (Wildman–Crippen LogP) is 2.21. The van der Waals surface area contributed by atoms with E-state index in [4.69, 9.17) is 0 Å². The molecule has 2 atom stereocenters. The first-order valence-electron chi connectivity index (χ1n) is 8.37. The van der Waals surface area contributed by atoms with Crippen LogP contribution in [-0.2, 0) is 17.3 Å². The predicted molar refractivity (Wildman–Crippen MR) is 93.5 cm³/mol. The first-order chi connectivity index (χ1) is 11.9. The summed E-state index contributed by atoms with van der Waals surface area (Å²) in [6.45, 7) is 3.03. The summed E-state index contributed by atoms with van der Waals surface area (Å²) in [4.78, 5) is 4.26. The van der Waals surface area contributed by atoms with Gasteiger partial charge in [-0.05, 0) is 36.5 Å². The van der Waals surface area contributed by atoms with Gasteiger partial charge in [-0.15, -0.1) is 0 Å². The molecule has 8 heteroatoms. The van der Waals surface area contributed by atoms with Crippen molar-refractivity contribution in [2.45, 2.75) is 25.8 Å². The lowest BCUT2D eigenvalue weighted by Crippen LogP contribution is -2.47. The van der Waals surface area contributed by atoms with Gasteiger partial charge in [0.15, 0.2) is 0 Å². The van der Waals surface area contributed by atoms with E-state index in [9.17, 15) is 12.8 Å². The Hall–Kier alpha value is -1.77. The average molecular weight is 366 g/mol. The van der Waals surface area contributed by atoms with Gasteiger partial charge in [0.05, 0.1) is 0 Å². The number of benzene rings is 1. The molecule has 0 spiro atoms. The van der Waals surface area contributed by atoms with Gasteiger partial charge in [-0.1, -0.05) is 19.1 Å². The Morgan fingerprint density at radius 1 is 1.40 bits per heavy atom. The molecular formula is C17H23FN4O2S. The maximum atomic E-state index is 13.7. The number of piperidine rings is 1. The van der Waals surface area contributed by atoms with Crippen LogP contribution in [0.4, 0.5) is 4.39 Å². The van der Waals surface area contributed by atoms with Gasteiger partial charge in [0.1, 0.15) is 17.7 Å². The van der Waals surface area contributed by atoms with Crippen molar-refractivity contribution in [1.82, 2.24) is 18.6 Å². The van der Waals surface area contributed by atoms with E-state index in [1.807, 2.05) is 6.92 Å². The lowest BCUT2D eigenvalue weighted by Gasteiger charge is -2.31. The molecule has 0 aliphatic carbocycles. The van der Waals surface area contributed by atoms with E-state index in [1.165, 1.54) is 16.4 Å². The van der Waals surface area contributed by atoms with Gasteiger partial charge in [0, 0.05) is 32.5 Å². The standard InChI is InChI=1S/C17H23FN4O2S/c1-13-5-4-9-22(12-13)25(23,24)20-16(17-19-8-10-21(17)2)14-6-3-7-15(18)11-14/h3,6-8,10-11,13,16,20H,4-5,9,12H2,1-2H3. The first-order valence-corrected chi connectivity index (χ1v) is 9.81. The van der Waals surface area contributed by atoms with Gasteiger partial charge in [-0.25, -0.2) is 9.37 Å². The minimum atomic E-state index is -3.71. The smallest absolute Gasteiger partial charge is 0.280 e. The number of hydrogen-bond acceptors (Lipinski definition) is 3. The molecule has 0 saturated carbocycles. The van der Waals surface area contributed by atoms with Crippen molar-refractivity contribution in [3.8, 4) is 0 Å².